The minimum Gasteiger partial charge on any atom is -0.302 e. The summed E-state index contributed by atoms with van der Waals surface area (Å²) in [6.45, 7) is 5.95. The maximum atomic E-state index is 5.68. The van der Waals surface area contributed by atoms with Crippen molar-refractivity contribution in [3.05, 3.63) is 0 Å². The molecule has 2 heteroatoms. The molecule has 11 heavy (non-hydrogen) atoms. The zero-order valence-corrected chi connectivity index (χ0v) is 8.11. The molecular formula is C9H18ClN. The standard InChI is InChI=1S/C9H18ClN/c1-9-3-2-6-11(7-4-9)8-5-10/h9H,2-8H2,1H3/t9-/m1/s1. The Bertz CT molecular complexity index is 106. The number of likely N-dealkylation sites (tertiary alicyclic amines) is 1. The molecule has 1 aliphatic rings. The molecule has 1 rings (SSSR count). The first-order chi connectivity index (χ1) is 5.33. The van der Waals surface area contributed by atoms with Gasteiger partial charge in [0.2, 0.25) is 0 Å². The third-order valence-electron chi connectivity index (χ3n) is 2.51. The van der Waals surface area contributed by atoms with Crippen LogP contribution in [0.2, 0.25) is 0 Å². The van der Waals surface area contributed by atoms with E-state index in [1.165, 1.54) is 32.4 Å². The molecule has 0 N–H and O–H groups in total. The lowest BCUT2D eigenvalue weighted by Gasteiger charge is -2.17. The minimum absolute atomic E-state index is 0.786. The lowest BCUT2D eigenvalue weighted by Crippen LogP contribution is -2.26. The highest BCUT2D eigenvalue weighted by Gasteiger charge is 2.12. The van der Waals surface area contributed by atoms with E-state index in [9.17, 15) is 0 Å². The van der Waals surface area contributed by atoms with E-state index in [2.05, 4.69) is 11.8 Å². The second kappa shape index (κ2) is 5.00. The summed E-state index contributed by atoms with van der Waals surface area (Å²) in [6, 6.07) is 0. The molecule has 0 unspecified atom stereocenters. The van der Waals surface area contributed by atoms with Crippen molar-refractivity contribution in [1.82, 2.24) is 4.90 Å². The van der Waals surface area contributed by atoms with Crippen LogP contribution in [0.3, 0.4) is 0 Å². The Morgan fingerprint density at radius 3 is 2.91 bits per heavy atom. The molecule has 0 aromatic carbocycles. The predicted octanol–water partition coefficient (Wildman–Crippen LogP) is 2.35. The van der Waals surface area contributed by atoms with E-state index >= 15 is 0 Å². The Morgan fingerprint density at radius 1 is 1.36 bits per heavy atom. The summed E-state index contributed by atoms with van der Waals surface area (Å²) in [6.07, 6.45) is 4.12. The second-order valence-corrected chi connectivity index (χ2v) is 3.94. The number of halogens is 1. The first-order valence-electron chi connectivity index (χ1n) is 4.61. The van der Waals surface area contributed by atoms with Crippen molar-refractivity contribution in [2.24, 2.45) is 5.92 Å². The van der Waals surface area contributed by atoms with Crippen LogP contribution in [-0.4, -0.2) is 30.4 Å². The summed E-state index contributed by atoms with van der Waals surface area (Å²) in [5.41, 5.74) is 0. The molecular weight excluding hydrogens is 158 g/mol. The normalized spacial score (nSPS) is 28.4. The molecule has 0 spiro atoms. The van der Waals surface area contributed by atoms with Gasteiger partial charge in [-0.3, -0.25) is 0 Å². The summed E-state index contributed by atoms with van der Waals surface area (Å²) < 4.78 is 0. The van der Waals surface area contributed by atoms with Gasteiger partial charge in [0.05, 0.1) is 0 Å². The summed E-state index contributed by atoms with van der Waals surface area (Å²) in [7, 11) is 0. The Kier molecular flexibility index (Phi) is 4.24. The Morgan fingerprint density at radius 2 is 2.18 bits per heavy atom. The number of hydrogen-bond donors (Lipinski definition) is 0. The maximum Gasteiger partial charge on any atom is 0.0351 e. The fourth-order valence-corrected chi connectivity index (χ4v) is 1.90. The van der Waals surface area contributed by atoms with Crippen molar-refractivity contribution >= 4 is 11.6 Å². The molecule has 0 aromatic heterocycles. The number of hydrogen-bond acceptors (Lipinski definition) is 1. The molecule has 1 saturated heterocycles. The third-order valence-corrected chi connectivity index (χ3v) is 2.68. The van der Waals surface area contributed by atoms with Gasteiger partial charge in [0.1, 0.15) is 0 Å². The van der Waals surface area contributed by atoms with Gasteiger partial charge in [-0.15, -0.1) is 11.6 Å². The fourth-order valence-electron chi connectivity index (χ4n) is 1.67. The van der Waals surface area contributed by atoms with E-state index in [-0.39, 0.29) is 0 Å². The molecule has 0 saturated carbocycles. The van der Waals surface area contributed by atoms with Crippen LogP contribution in [0.1, 0.15) is 26.2 Å². The molecule has 1 heterocycles. The molecule has 0 bridgehead atoms. The van der Waals surface area contributed by atoms with E-state index in [0.717, 1.165) is 18.3 Å². The average Bonchev–Trinajstić information content (AvgIpc) is 2.17. The molecule has 1 atom stereocenters. The first kappa shape index (κ1) is 9.34. The van der Waals surface area contributed by atoms with Gasteiger partial charge in [-0.25, -0.2) is 0 Å². The topological polar surface area (TPSA) is 3.24 Å². The zero-order chi connectivity index (χ0) is 8.10. The number of nitrogens with zero attached hydrogens (tertiary/aromatic N) is 1. The highest BCUT2D eigenvalue weighted by atomic mass is 35.5. The van der Waals surface area contributed by atoms with Crippen LogP contribution in [0.4, 0.5) is 0 Å². The number of alkyl halides is 1. The van der Waals surface area contributed by atoms with Gasteiger partial charge in [-0.1, -0.05) is 6.92 Å². The van der Waals surface area contributed by atoms with Crippen molar-refractivity contribution in [2.75, 3.05) is 25.5 Å². The third kappa shape index (κ3) is 3.44. The SMILES string of the molecule is C[C@@H]1CCCN(CCCl)CC1. The van der Waals surface area contributed by atoms with E-state index < -0.39 is 0 Å². The summed E-state index contributed by atoms with van der Waals surface area (Å²) in [4.78, 5) is 2.48. The quantitative estimate of drug-likeness (QED) is 0.583. The smallest absolute Gasteiger partial charge is 0.0351 e. The van der Waals surface area contributed by atoms with Gasteiger partial charge in [0, 0.05) is 12.4 Å². The van der Waals surface area contributed by atoms with Crippen LogP contribution >= 0.6 is 11.6 Å². The van der Waals surface area contributed by atoms with Gasteiger partial charge in [0.15, 0.2) is 0 Å². The monoisotopic (exact) mass is 175 g/mol. The van der Waals surface area contributed by atoms with E-state index in [1.807, 2.05) is 0 Å². The summed E-state index contributed by atoms with van der Waals surface area (Å²) in [5, 5.41) is 0. The molecule has 66 valence electrons. The van der Waals surface area contributed by atoms with E-state index in [4.69, 9.17) is 11.6 Å². The Balaban J connectivity index is 2.22. The van der Waals surface area contributed by atoms with Gasteiger partial charge in [-0.2, -0.15) is 0 Å². The van der Waals surface area contributed by atoms with Crippen molar-refractivity contribution in [3.63, 3.8) is 0 Å². The molecule has 1 fully saturated rings. The molecule has 1 nitrogen and oxygen atoms in total. The van der Waals surface area contributed by atoms with Gasteiger partial charge in [0.25, 0.3) is 0 Å². The first-order valence-corrected chi connectivity index (χ1v) is 5.14. The number of rotatable bonds is 2. The Hall–Kier alpha value is 0.250. The average molecular weight is 176 g/mol. The Labute approximate surface area is 74.7 Å². The molecule has 1 aliphatic heterocycles. The minimum atomic E-state index is 0.786. The van der Waals surface area contributed by atoms with E-state index in [0.29, 0.717) is 0 Å². The highest BCUT2D eigenvalue weighted by molar-refractivity contribution is 6.18. The van der Waals surface area contributed by atoms with Gasteiger partial charge < -0.3 is 4.90 Å². The van der Waals surface area contributed by atoms with Crippen molar-refractivity contribution in [2.45, 2.75) is 26.2 Å². The van der Waals surface area contributed by atoms with Crippen LogP contribution in [0, 0.1) is 5.92 Å². The second-order valence-electron chi connectivity index (χ2n) is 3.57. The van der Waals surface area contributed by atoms with Crippen molar-refractivity contribution in [3.8, 4) is 0 Å². The maximum absolute atomic E-state index is 5.68. The van der Waals surface area contributed by atoms with Crippen LogP contribution in [-0.2, 0) is 0 Å². The van der Waals surface area contributed by atoms with Crippen LogP contribution in [0.25, 0.3) is 0 Å². The van der Waals surface area contributed by atoms with Crippen LogP contribution in [0.15, 0.2) is 0 Å². The molecule has 0 aromatic rings. The van der Waals surface area contributed by atoms with E-state index in [1.54, 1.807) is 0 Å². The fraction of sp³-hybridized carbons (Fsp3) is 1.00. The van der Waals surface area contributed by atoms with Crippen LogP contribution in [0.5, 0.6) is 0 Å². The van der Waals surface area contributed by atoms with Gasteiger partial charge in [-0.05, 0) is 38.3 Å². The molecule has 0 amide bonds. The molecule has 0 radical (unpaired) electrons. The summed E-state index contributed by atoms with van der Waals surface area (Å²) >= 11 is 5.68. The van der Waals surface area contributed by atoms with Gasteiger partial charge >= 0.3 is 0 Å². The lowest BCUT2D eigenvalue weighted by molar-refractivity contribution is 0.299. The zero-order valence-electron chi connectivity index (χ0n) is 7.35. The predicted molar refractivity (Wildman–Crippen MR) is 50.2 cm³/mol. The largest absolute Gasteiger partial charge is 0.302 e. The van der Waals surface area contributed by atoms with Crippen molar-refractivity contribution < 1.29 is 0 Å². The highest BCUT2D eigenvalue weighted by Crippen LogP contribution is 2.15. The van der Waals surface area contributed by atoms with Crippen molar-refractivity contribution in [1.29, 1.82) is 0 Å². The lowest BCUT2D eigenvalue weighted by atomic mass is 10.0. The molecule has 0 aliphatic carbocycles. The van der Waals surface area contributed by atoms with Crippen LogP contribution < -0.4 is 0 Å². The summed E-state index contributed by atoms with van der Waals surface area (Å²) in [5.74, 6) is 1.71.